The maximum absolute atomic E-state index is 11.8. The number of rotatable bonds is 5. The second-order valence-electron chi connectivity index (χ2n) is 4.67. The van der Waals surface area contributed by atoms with Gasteiger partial charge in [-0.1, -0.05) is 0 Å². The van der Waals surface area contributed by atoms with Crippen molar-refractivity contribution in [3.05, 3.63) is 17.8 Å². The first-order chi connectivity index (χ1) is 9.19. The summed E-state index contributed by atoms with van der Waals surface area (Å²) in [6.45, 7) is 3.24. The van der Waals surface area contributed by atoms with Crippen LogP contribution < -0.4 is 4.74 Å². The summed E-state index contributed by atoms with van der Waals surface area (Å²) >= 11 is 5.59. The quantitative estimate of drug-likeness (QED) is 0.773. The minimum absolute atomic E-state index is 0.0111. The minimum Gasteiger partial charge on any atom is -0.471 e. The predicted molar refractivity (Wildman–Crippen MR) is 72.3 cm³/mol. The largest absolute Gasteiger partial charge is 0.471 e. The summed E-state index contributed by atoms with van der Waals surface area (Å²) in [7, 11) is 0. The topological polar surface area (TPSA) is 55.3 Å². The van der Waals surface area contributed by atoms with Gasteiger partial charge in [0.05, 0.1) is 12.2 Å². The van der Waals surface area contributed by atoms with Crippen LogP contribution in [0.25, 0.3) is 0 Å². The number of ether oxygens (including phenoxy) is 1. The lowest BCUT2D eigenvalue weighted by Crippen LogP contribution is -2.30. The summed E-state index contributed by atoms with van der Waals surface area (Å²) < 4.78 is 5.72. The van der Waals surface area contributed by atoms with Gasteiger partial charge in [-0.15, -0.1) is 16.7 Å². The average Bonchev–Trinajstić information content (AvgIpc) is 2.87. The van der Waals surface area contributed by atoms with Crippen LogP contribution in [0, 0.1) is 6.92 Å². The van der Waals surface area contributed by atoms with E-state index in [4.69, 9.17) is 16.3 Å². The molecule has 2 heterocycles. The van der Waals surface area contributed by atoms with Gasteiger partial charge < -0.3 is 9.64 Å². The molecule has 19 heavy (non-hydrogen) atoms. The number of amides is 1. The third kappa shape index (κ3) is 4.06. The highest BCUT2D eigenvalue weighted by molar-refractivity contribution is 6.17. The van der Waals surface area contributed by atoms with Gasteiger partial charge in [-0.3, -0.25) is 4.79 Å². The van der Waals surface area contributed by atoms with Crippen LogP contribution in [0.3, 0.4) is 0 Å². The molecule has 1 saturated heterocycles. The van der Waals surface area contributed by atoms with Gasteiger partial charge in [0.1, 0.15) is 6.10 Å². The molecule has 0 radical (unpaired) electrons. The molecule has 6 heteroatoms. The van der Waals surface area contributed by atoms with Gasteiger partial charge in [-0.25, -0.2) is 0 Å². The van der Waals surface area contributed by atoms with E-state index in [1.807, 2.05) is 17.9 Å². The van der Waals surface area contributed by atoms with Crippen molar-refractivity contribution in [3.8, 4) is 5.88 Å². The molecular formula is C13H18ClN3O2. The average molecular weight is 284 g/mol. The van der Waals surface area contributed by atoms with Gasteiger partial charge in [0.15, 0.2) is 0 Å². The standard InChI is InChI=1S/C13H18ClN3O2/c1-10-4-5-12(16-15-10)19-11-6-8-17(9-11)13(18)3-2-7-14/h4-5,11H,2-3,6-9H2,1H3. The van der Waals surface area contributed by atoms with Gasteiger partial charge in [0.25, 0.3) is 0 Å². The maximum atomic E-state index is 11.8. The molecule has 0 bridgehead atoms. The molecule has 1 atom stereocenters. The molecule has 2 rings (SSSR count). The Balaban J connectivity index is 1.81. The van der Waals surface area contributed by atoms with Crippen LogP contribution in [0.4, 0.5) is 0 Å². The zero-order valence-electron chi connectivity index (χ0n) is 11.0. The molecule has 5 nitrogen and oxygen atoms in total. The van der Waals surface area contributed by atoms with Crippen LogP contribution in [0.15, 0.2) is 12.1 Å². The Morgan fingerprint density at radius 2 is 2.37 bits per heavy atom. The Morgan fingerprint density at radius 3 is 3.05 bits per heavy atom. The van der Waals surface area contributed by atoms with E-state index < -0.39 is 0 Å². The van der Waals surface area contributed by atoms with Crippen molar-refractivity contribution < 1.29 is 9.53 Å². The minimum atomic E-state index is 0.0111. The second-order valence-corrected chi connectivity index (χ2v) is 5.05. The molecule has 1 aliphatic rings. The van der Waals surface area contributed by atoms with E-state index in [-0.39, 0.29) is 12.0 Å². The lowest BCUT2D eigenvalue weighted by atomic mass is 10.3. The van der Waals surface area contributed by atoms with Gasteiger partial charge in [-0.2, -0.15) is 5.10 Å². The van der Waals surface area contributed by atoms with Crippen LogP contribution in [-0.2, 0) is 4.79 Å². The van der Waals surface area contributed by atoms with E-state index in [1.165, 1.54) is 0 Å². The van der Waals surface area contributed by atoms with Crippen molar-refractivity contribution in [2.75, 3.05) is 19.0 Å². The van der Waals surface area contributed by atoms with E-state index in [9.17, 15) is 4.79 Å². The highest BCUT2D eigenvalue weighted by Crippen LogP contribution is 2.17. The summed E-state index contributed by atoms with van der Waals surface area (Å²) in [5, 5.41) is 7.91. The van der Waals surface area contributed by atoms with E-state index in [2.05, 4.69) is 10.2 Å². The summed E-state index contributed by atoms with van der Waals surface area (Å²) in [6.07, 6.45) is 2.09. The van der Waals surface area contributed by atoms with Crippen molar-refractivity contribution >= 4 is 17.5 Å². The van der Waals surface area contributed by atoms with Gasteiger partial charge in [0, 0.05) is 31.3 Å². The molecule has 1 aliphatic heterocycles. The molecule has 1 aromatic heterocycles. The number of alkyl halides is 1. The molecule has 1 unspecified atom stereocenters. The van der Waals surface area contributed by atoms with E-state index in [1.54, 1.807) is 6.07 Å². The highest BCUT2D eigenvalue weighted by Gasteiger charge is 2.27. The number of nitrogens with zero attached hydrogens (tertiary/aromatic N) is 3. The van der Waals surface area contributed by atoms with Gasteiger partial charge in [-0.05, 0) is 19.4 Å². The number of carbonyl (C=O) groups excluding carboxylic acids is 1. The lowest BCUT2D eigenvalue weighted by molar-refractivity contribution is -0.130. The normalized spacial score (nSPS) is 18.6. The fourth-order valence-corrected chi connectivity index (χ4v) is 2.18. The Bertz CT molecular complexity index is 424. The Morgan fingerprint density at radius 1 is 1.53 bits per heavy atom. The highest BCUT2D eigenvalue weighted by atomic mass is 35.5. The monoisotopic (exact) mass is 283 g/mol. The Labute approximate surface area is 117 Å². The van der Waals surface area contributed by atoms with Crippen LogP contribution in [0.5, 0.6) is 5.88 Å². The number of halogens is 1. The second kappa shape index (κ2) is 6.70. The van der Waals surface area contributed by atoms with Crippen LogP contribution >= 0.6 is 11.6 Å². The molecule has 104 valence electrons. The van der Waals surface area contributed by atoms with E-state index in [0.29, 0.717) is 24.7 Å². The third-order valence-corrected chi connectivity index (χ3v) is 3.35. The zero-order valence-corrected chi connectivity index (χ0v) is 11.8. The Hall–Kier alpha value is -1.36. The van der Waals surface area contributed by atoms with Crippen molar-refractivity contribution in [2.45, 2.75) is 32.3 Å². The first-order valence-electron chi connectivity index (χ1n) is 6.50. The Kier molecular flexibility index (Phi) is 4.96. The summed E-state index contributed by atoms with van der Waals surface area (Å²) in [4.78, 5) is 13.7. The maximum Gasteiger partial charge on any atom is 0.233 e. The molecular weight excluding hydrogens is 266 g/mol. The van der Waals surface area contributed by atoms with Gasteiger partial charge in [0.2, 0.25) is 11.8 Å². The van der Waals surface area contributed by atoms with E-state index >= 15 is 0 Å². The van der Waals surface area contributed by atoms with Crippen molar-refractivity contribution in [3.63, 3.8) is 0 Å². The molecule has 0 N–H and O–H groups in total. The van der Waals surface area contributed by atoms with Crippen molar-refractivity contribution in [2.24, 2.45) is 0 Å². The van der Waals surface area contributed by atoms with Crippen LogP contribution in [0.2, 0.25) is 0 Å². The molecule has 1 aromatic rings. The first-order valence-corrected chi connectivity index (χ1v) is 7.03. The number of aryl methyl sites for hydroxylation is 1. The smallest absolute Gasteiger partial charge is 0.233 e. The van der Waals surface area contributed by atoms with E-state index in [0.717, 1.165) is 25.1 Å². The van der Waals surface area contributed by atoms with Crippen LogP contribution in [-0.4, -0.2) is 46.1 Å². The lowest BCUT2D eigenvalue weighted by Gasteiger charge is -2.16. The molecule has 1 amide bonds. The fourth-order valence-electron chi connectivity index (χ4n) is 2.05. The number of carbonyl (C=O) groups is 1. The molecule has 0 spiro atoms. The molecule has 0 saturated carbocycles. The van der Waals surface area contributed by atoms with Crippen LogP contribution in [0.1, 0.15) is 25.0 Å². The number of aromatic nitrogens is 2. The SMILES string of the molecule is Cc1ccc(OC2CCN(C(=O)CCCCl)C2)nn1. The fraction of sp³-hybridized carbons (Fsp3) is 0.615. The summed E-state index contributed by atoms with van der Waals surface area (Å²) in [5.41, 5.74) is 0.858. The van der Waals surface area contributed by atoms with Crippen molar-refractivity contribution in [1.29, 1.82) is 0 Å². The van der Waals surface area contributed by atoms with Crippen molar-refractivity contribution in [1.82, 2.24) is 15.1 Å². The summed E-state index contributed by atoms with van der Waals surface area (Å²) in [5.74, 6) is 1.20. The first kappa shape index (κ1) is 14.1. The predicted octanol–water partition coefficient (Wildman–Crippen LogP) is 1.78. The summed E-state index contributed by atoms with van der Waals surface area (Å²) in [6, 6.07) is 3.67. The molecule has 1 fully saturated rings. The zero-order chi connectivity index (χ0) is 13.7. The number of likely N-dealkylation sites (tertiary alicyclic amines) is 1. The molecule has 0 aliphatic carbocycles. The van der Waals surface area contributed by atoms with Gasteiger partial charge >= 0.3 is 0 Å². The number of hydrogen-bond acceptors (Lipinski definition) is 4. The third-order valence-electron chi connectivity index (χ3n) is 3.08. The number of hydrogen-bond donors (Lipinski definition) is 0. The molecule has 0 aromatic carbocycles.